The van der Waals surface area contributed by atoms with Gasteiger partial charge in [-0.1, -0.05) is 30.4 Å². The molecule has 1 aliphatic heterocycles. The Morgan fingerprint density at radius 2 is 1.83 bits per heavy atom. The molecule has 1 heteroatoms. The maximum Gasteiger partial charge on any atom is 0.0483 e. The fourth-order valence-corrected chi connectivity index (χ4v) is 1.37. The molecule has 1 N–H and O–H groups in total. The lowest BCUT2D eigenvalue weighted by Gasteiger charge is -2.13. The highest BCUT2D eigenvalue weighted by molar-refractivity contribution is 5.51. The molecule has 0 unspecified atom stereocenters. The molecule has 12 heavy (non-hydrogen) atoms. The van der Waals surface area contributed by atoms with Crippen LogP contribution in [0.15, 0.2) is 59.5 Å². The van der Waals surface area contributed by atoms with Gasteiger partial charge in [0, 0.05) is 11.9 Å². The lowest BCUT2D eigenvalue weighted by atomic mass is 10.1. The predicted octanol–water partition coefficient (Wildman–Crippen LogP) is 2.43. The molecule has 0 fully saturated rings. The van der Waals surface area contributed by atoms with Gasteiger partial charge in [-0.2, -0.15) is 0 Å². The lowest BCUT2D eigenvalue weighted by molar-refractivity contribution is 1.03. The summed E-state index contributed by atoms with van der Waals surface area (Å²) in [5.74, 6) is 0. The van der Waals surface area contributed by atoms with Crippen LogP contribution in [-0.2, 0) is 0 Å². The number of nitrogens with one attached hydrogen (secondary N) is 1. The molecule has 0 amide bonds. The van der Waals surface area contributed by atoms with Crippen molar-refractivity contribution in [1.82, 2.24) is 5.32 Å². The topological polar surface area (TPSA) is 12.0 Å². The summed E-state index contributed by atoms with van der Waals surface area (Å²) in [6.07, 6.45) is 14.4. The Balaban J connectivity index is 2.41. The highest BCUT2D eigenvalue weighted by Gasteiger charge is 2.06. The highest BCUT2D eigenvalue weighted by Crippen LogP contribution is 2.19. The van der Waals surface area contributed by atoms with Crippen LogP contribution in [0.4, 0.5) is 0 Å². The Morgan fingerprint density at radius 1 is 1.08 bits per heavy atom. The van der Waals surface area contributed by atoms with Gasteiger partial charge in [0.25, 0.3) is 0 Å². The van der Waals surface area contributed by atoms with E-state index in [1.54, 1.807) is 0 Å². The smallest absolute Gasteiger partial charge is 0.0483 e. The van der Waals surface area contributed by atoms with Crippen LogP contribution >= 0.6 is 0 Å². The van der Waals surface area contributed by atoms with E-state index in [1.807, 2.05) is 12.3 Å². The summed E-state index contributed by atoms with van der Waals surface area (Å²) in [6, 6.07) is 0. The molecular formula is C11H11N. The third kappa shape index (κ3) is 1.14. The van der Waals surface area contributed by atoms with E-state index >= 15 is 0 Å². The van der Waals surface area contributed by atoms with Crippen molar-refractivity contribution in [2.75, 3.05) is 0 Å². The fourth-order valence-electron chi connectivity index (χ4n) is 1.37. The van der Waals surface area contributed by atoms with Gasteiger partial charge in [-0.15, -0.1) is 0 Å². The predicted molar refractivity (Wildman–Crippen MR) is 51.3 cm³/mol. The normalized spacial score (nSPS) is 19.9. The van der Waals surface area contributed by atoms with Crippen molar-refractivity contribution in [2.24, 2.45) is 0 Å². The third-order valence-electron chi connectivity index (χ3n) is 2.02. The van der Waals surface area contributed by atoms with Crippen molar-refractivity contribution < 1.29 is 0 Å². The molecule has 1 heterocycles. The number of rotatable bonds is 0. The average Bonchev–Trinajstić information content (AvgIpc) is 2.57. The van der Waals surface area contributed by atoms with E-state index in [1.165, 1.54) is 16.8 Å². The average molecular weight is 157 g/mol. The van der Waals surface area contributed by atoms with Crippen LogP contribution < -0.4 is 5.32 Å². The first-order valence-electron chi connectivity index (χ1n) is 4.07. The lowest BCUT2D eigenvalue weighted by Crippen LogP contribution is -2.10. The van der Waals surface area contributed by atoms with Crippen LogP contribution in [0, 0.1) is 0 Å². The van der Waals surface area contributed by atoms with E-state index in [2.05, 4.69) is 42.6 Å². The van der Waals surface area contributed by atoms with Gasteiger partial charge in [-0.05, 0) is 24.1 Å². The molecule has 0 aromatic rings. The van der Waals surface area contributed by atoms with Gasteiger partial charge < -0.3 is 5.32 Å². The van der Waals surface area contributed by atoms with Gasteiger partial charge in [-0.3, -0.25) is 0 Å². The Bertz CT molecular complexity index is 324. The molecule has 0 saturated carbocycles. The summed E-state index contributed by atoms with van der Waals surface area (Å²) in [5, 5.41) is 3.24. The van der Waals surface area contributed by atoms with Crippen molar-refractivity contribution in [3.8, 4) is 0 Å². The summed E-state index contributed by atoms with van der Waals surface area (Å²) >= 11 is 0. The van der Waals surface area contributed by atoms with Gasteiger partial charge in [-0.25, -0.2) is 0 Å². The molecule has 0 spiro atoms. The SMILES string of the molecule is CC1=CC=CNC1=C1C=CC=C1. The van der Waals surface area contributed by atoms with E-state index in [-0.39, 0.29) is 0 Å². The molecule has 0 aromatic carbocycles. The summed E-state index contributed by atoms with van der Waals surface area (Å²) in [7, 11) is 0. The molecule has 0 atom stereocenters. The maximum atomic E-state index is 3.24. The van der Waals surface area contributed by atoms with Gasteiger partial charge in [0.15, 0.2) is 0 Å². The van der Waals surface area contributed by atoms with E-state index in [4.69, 9.17) is 0 Å². The molecule has 0 saturated heterocycles. The summed E-state index contributed by atoms with van der Waals surface area (Å²) in [5.41, 5.74) is 3.75. The quantitative estimate of drug-likeness (QED) is 0.569. The second kappa shape index (κ2) is 2.86. The highest BCUT2D eigenvalue weighted by atomic mass is 14.9. The minimum absolute atomic E-state index is 1.21. The third-order valence-corrected chi connectivity index (χ3v) is 2.02. The zero-order valence-corrected chi connectivity index (χ0v) is 7.04. The molecule has 1 nitrogen and oxygen atoms in total. The van der Waals surface area contributed by atoms with E-state index in [0.29, 0.717) is 0 Å². The number of dihydropyridines is 1. The van der Waals surface area contributed by atoms with Crippen molar-refractivity contribution in [1.29, 1.82) is 0 Å². The summed E-state index contributed by atoms with van der Waals surface area (Å²) < 4.78 is 0. The van der Waals surface area contributed by atoms with Crippen molar-refractivity contribution >= 4 is 0 Å². The Kier molecular flexibility index (Phi) is 1.71. The van der Waals surface area contributed by atoms with E-state index < -0.39 is 0 Å². The molecule has 60 valence electrons. The number of hydrogen-bond donors (Lipinski definition) is 1. The van der Waals surface area contributed by atoms with Gasteiger partial charge in [0.1, 0.15) is 0 Å². The van der Waals surface area contributed by atoms with E-state index in [9.17, 15) is 0 Å². The minimum atomic E-state index is 1.21. The monoisotopic (exact) mass is 157 g/mol. The molecule has 0 radical (unpaired) electrons. The second-order valence-electron chi connectivity index (χ2n) is 2.90. The molecule has 0 bridgehead atoms. The first kappa shape index (κ1) is 7.17. The van der Waals surface area contributed by atoms with Crippen molar-refractivity contribution in [2.45, 2.75) is 6.92 Å². The molecule has 1 aliphatic carbocycles. The van der Waals surface area contributed by atoms with E-state index in [0.717, 1.165) is 0 Å². The minimum Gasteiger partial charge on any atom is -0.361 e. The zero-order valence-electron chi connectivity index (χ0n) is 7.04. The Labute approximate surface area is 72.5 Å². The van der Waals surface area contributed by atoms with Crippen LogP contribution in [-0.4, -0.2) is 0 Å². The van der Waals surface area contributed by atoms with Crippen molar-refractivity contribution in [3.63, 3.8) is 0 Å². The van der Waals surface area contributed by atoms with Crippen LogP contribution in [0.5, 0.6) is 0 Å². The molecular weight excluding hydrogens is 146 g/mol. The Hall–Kier alpha value is -1.50. The molecule has 2 rings (SSSR count). The Morgan fingerprint density at radius 3 is 2.50 bits per heavy atom. The van der Waals surface area contributed by atoms with Crippen LogP contribution in [0.3, 0.4) is 0 Å². The number of hydrogen-bond acceptors (Lipinski definition) is 1. The van der Waals surface area contributed by atoms with Gasteiger partial charge in [0.05, 0.1) is 0 Å². The molecule has 0 aromatic heterocycles. The first-order chi connectivity index (χ1) is 5.88. The standard InChI is InChI=1S/C11H11N/c1-9-5-4-8-12-11(9)10-6-2-3-7-10/h2-8,12H,1H3. The molecule has 2 aliphatic rings. The van der Waals surface area contributed by atoms with Crippen LogP contribution in [0.1, 0.15) is 6.92 Å². The van der Waals surface area contributed by atoms with Crippen LogP contribution in [0.2, 0.25) is 0 Å². The second-order valence-corrected chi connectivity index (χ2v) is 2.90. The number of allylic oxidation sites excluding steroid dienone is 8. The summed E-state index contributed by atoms with van der Waals surface area (Å²) in [6.45, 7) is 2.11. The zero-order chi connectivity index (χ0) is 8.39. The van der Waals surface area contributed by atoms with Crippen LogP contribution in [0.25, 0.3) is 0 Å². The van der Waals surface area contributed by atoms with Gasteiger partial charge >= 0.3 is 0 Å². The van der Waals surface area contributed by atoms with Crippen molar-refractivity contribution in [3.05, 3.63) is 59.5 Å². The largest absolute Gasteiger partial charge is 0.361 e. The summed E-state index contributed by atoms with van der Waals surface area (Å²) in [4.78, 5) is 0. The fraction of sp³-hybridized carbons (Fsp3) is 0.0909. The van der Waals surface area contributed by atoms with Gasteiger partial charge in [0.2, 0.25) is 0 Å². The first-order valence-corrected chi connectivity index (χ1v) is 4.07. The maximum absolute atomic E-state index is 3.24.